The van der Waals surface area contributed by atoms with Crippen molar-refractivity contribution in [2.45, 2.75) is 13.2 Å². The Balaban J connectivity index is 2.00. The first-order valence-corrected chi connectivity index (χ1v) is 5.57. The van der Waals surface area contributed by atoms with Crippen LogP contribution in [0.5, 0.6) is 5.75 Å². The van der Waals surface area contributed by atoms with Gasteiger partial charge in [0.1, 0.15) is 23.3 Å². The topological polar surface area (TPSA) is 47.3 Å². The van der Waals surface area contributed by atoms with Crippen LogP contribution in [0.2, 0.25) is 5.15 Å². The smallest absolute Gasteiger partial charge is 0.147 e. The van der Waals surface area contributed by atoms with Crippen LogP contribution in [-0.4, -0.2) is 14.7 Å². The van der Waals surface area contributed by atoms with Gasteiger partial charge in [-0.1, -0.05) is 23.7 Å². The number of hydrogen-bond donors (Lipinski definition) is 1. The molecule has 17 heavy (non-hydrogen) atoms. The van der Waals surface area contributed by atoms with E-state index in [1.807, 2.05) is 31.3 Å². The highest BCUT2D eigenvalue weighted by Gasteiger charge is 2.04. The summed E-state index contributed by atoms with van der Waals surface area (Å²) >= 11 is 5.87. The zero-order valence-electron chi connectivity index (χ0n) is 9.43. The molecular weight excluding hydrogens is 240 g/mol. The number of ether oxygens (including phenoxy) is 1. The predicted molar refractivity (Wildman–Crippen MR) is 64.9 cm³/mol. The number of benzene rings is 1. The molecule has 0 fully saturated rings. The Morgan fingerprint density at radius 1 is 1.35 bits per heavy atom. The molecule has 0 saturated heterocycles. The van der Waals surface area contributed by atoms with Crippen LogP contribution in [-0.2, 0) is 20.3 Å². The number of hydrogen-bond acceptors (Lipinski definition) is 3. The van der Waals surface area contributed by atoms with Gasteiger partial charge in [-0.05, 0) is 17.7 Å². The Labute approximate surface area is 104 Å². The number of aliphatic hydroxyl groups is 1. The average Bonchev–Trinajstić information content (AvgIpc) is 2.68. The van der Waals surface area contributed by atoms with Crippen LogP contribution in [0, 0.1) is 0 Å². The summed E-state index contributed by atoms with van der Waals surface area (Å²) in [6, 6.07) is 7.27. The van der Waals surface area contributed by atoms with E-state index in [1.54, 1.807) is 10.8 Å². The summed E-state index contributed by atoms with van der Waals surface area (Å²) in [4.78, 5) is 4.13. The maximum Gasteiger partial charge on any atom is 0.147 e. The Hall–Kier alpha value is -1.52. The molecule has 0 aliphatic rings. The van der Waals surface area contributed by atoms with Crippen LogP contribution in [0.15, 0.2) is 30.5 Å². The van der Waals surface area contributed by atoms with E-state index in [2.05, 4.69) is 4.98 Å². The fourth-order valence-electron chi connectivity index (χ4n) is 1.40. The lowest BCUT2D eigenvalue weighted by Gasteiger charge is -2.06. The summed E-state index contributed by atoms with van der Waals surface area (Å²) in [7, 11) is 1.84. The van der Waals surface area contributed by atoms with E-state index in [0.717, 1.165) is 17.1 Å². The molecule has 1 aromatic carbocycles. The minimum Gasteiger partial charge on any atom is -0.486 e. The van der Waals surface area contributed by atoms with E-state index in [9.17, 15) is 0 Å². The second kappa shape index (κ2) is 5.21. The summed E-state index contributed by atoms with van der Waals surface area (Å²) in [5.41, 5.74) is 0.859. The monoisotopic (exact) mass is 252 g/mol. The Morgan fingerprint density at radius 2 is 2.06 bits per heavy atom. The maximum atomic E-state index is 8.91. The summed E-state index contributed by atoms with van der Waals surface area (Å²) in [5, 5.41) is 9.49. The zero-order chi connectivity index (χ0) is 12.3. The van der Waals surface area contributed by atoms with Gasteiger partial charge in [-0.2, -0.15) is 0 Å². The predicted octanol–water partition coefficient (Wildman–Crippen LogP) is 2.14. The van der Waals surface area contributed by atoms with Crippen molar-refractivity contribution in [2.75, 3.05) is 0 Å². The van der Waals surface area contributed by atoms with E-state index in [-0.39, 0.29) is 6.61 Å². The molecule has 0 atom stereocenters. The Kier molecular flexibility index (Phi) is 3.66. The van der Waals surface area contributed by atoms with E-state index in [1.165, 1.54) is 0 Å². The number of rotatable bonds is 4. The molecule has 0 saturated carbocycles. The van der Waals surface area contributed by atoms with Crippen molar-refractivity contribution in [2.24, 2.45) is 7.05 Å². The van der Waals surface area contributed by atoms with Gasteiger partial charge in [0.2, 0.25) is 0 Å². The van der Waals surface area contributed by atoms with Gasteiger partial charge in [-0.15, -0.1) is 0 Å². The van der Waals surface area contributed by atoms with Gasteiger partial charge in [-0.25, -0.2) is 4.98 Å². The molecule has 90 valence electrons. The maximum absolute atomic E-state index is 8.91. The highest BCUT2D eigenvalue weighted by Crippen LogP contribution is 2.15. The largest absolute Gasteiger partial charge is 0.486 e. The van der Waals surface area contributed by atoms with Crippen LogP contribution < -0.4 is 4.74 Å². The molecule has 2 rings (SSSR count). The molecule has 5 heteroatoms. The van der Waals surface area contributed by atoms with Gasteiger partial charge in [0, 0.05) is 7.05 Å². The minimum atomic E-state index is 0.0370. The van der Waals surface area contributed by atoms with Crippen LogP contribution in [0.1, 0.15) is 11.4 Å². The molecule has 0 unspecified atom stereocenters. The van der Waals surface area contributed by atoms with Crippen molar-refractivity contribution in [3.8, 4) is 5.75 Å². The van der Waals surface area contributed by atoms with Crippen LogP contribution in [0.25, 0.3) is 0 Å². The molecule has 4 nitrogen and oxygen atoms in total. The average molecular weight is 253 g/mol. The van der Waals surface area contributed by atoms with Gasteiger partial charge >= 0.3 is 0 Å². The molecule has 1 aromatic heterocycles. The Bertz CT molecular complexity index is 494. The first-order valence-electron chi connectivity index (χ1n) is 5.19. The van der Waals surface area contributed by atoms with Crippen molar-refractivity contribution < 1.29 is 9.84 Å². The second-order valence-corrected chi connectivity index (χ2v) is 4.03. The lowest BCUT2D eigenvalue weighted by molar-refractivity contribution is 0.279. The number of aromatic nitrogens is 2. The molecular formula is C12H13ClN2O2. The van der Waals surface area contributed by atoms with Crippen molar-refractivity contribution >= 4 is 11.6 Å². The van der Waals surface area contributed by atoms with Crippen molar-refractivity contribution in [3.05, 3.63) is 47.0 Å². The standard InChI is InChI=1S/C12H13ClN2O2/c1-15-11(13)6-14-12(15)8-17-10-4-2-9(7-16)3-5-10/h2-6,16H,7-8H2,1H3. The van der Waals surface area contributed by atoms with Crippen LogP contribution in [0.3, 0.4) is 0 Å². The van der Waals surface area contributed by atoms with E-state index < -0.39 is 0 Å². The third-order valence-electron chi connectivity index (χ3n) is 2.50. The SMILES string of the molecule is Cn1c(Cl)cnc1COc1ccc(CO)cc1. The normalized spacial score (nSPS) is 10.5. The molecule has 0 spiro atoms. The fraction of sp³-hybridized carbons (Fsp3) is 0.250. The first-order chi connectivity index (χ1) is 8.20. The molecule has 0 aliphatic heterocycles. The Morgan fingerprint density at radius 3 is 2.59 bits per heavy atom. The quantitative estimate of drug-likeness (QED) is 0.907. The molecule has 0 bridgehead atoms. The molecule has 2 aromatic rings. The van der Waals surface area contributed by atoms with E-state index >= 15 is 0 Å². The molecule has 0 amide bonds. The zero-order valence-corrected chi connectivity index (χ0v) is 10.2. The molecule has 1 heterocycles. The van der Waals surface area contributed by atoms with Gasteiger partial charge in [0.25, 0.3) is 0 Å². The number of halogens is 1. The lowest BCUT2D eigenvalue weighted by atomic mass is 10.2. The molecule has 1 N–H and O–H groups in total. The summed E-state index contributed by atoms with van der Waals surface area (Å²) in [6.07, 6.45) is 1.59. The van der Waals surface area contributed by atoms with Gasteiger partial charge in [0.15, 0.2) is 0 Å². The van der Waals surface area contributed by atoms with Gasteiger partial charge in [-0.3, -0.25) is 0 Å². The summed E-state index contributed by atoms with van der Waals surface area (Å²) in [5.74, 6) is 1.50. The number of imidazole rings is 1. The van der Waals surface area contributed by atoms with Gasteiger partial charge < -0.3 is 14.4 Å². The first kappa shape index (κ1) is 12.0. The summed E-state index contributed by atoms with van der Waals surface area (Å²) in [6.45, 7) is 0.400. The molecule has 0 aliphatic carbocycles. The third-order valence-corrected chi connectivity index (χ3v) is 2.85. The number of aliphatic hydroxyl groups excluding tert-OH is 1. The molecule has 0 radical (unpaired) electrons. The highest BCUT2D eigenvalue weighted by molar-refractivity contribution is 6.29. The minimum absolute atomic E-state index is 0.0370. The van der Waals surface area contributed by atoms with Crippen LogP contribution in [0.4, 0.5) is 0 Å². The van der Waals surface area contributed by atoms with Crippen molar-refractivity contribution in [3.63, 3.8) is 0 Å². The number of nitrogens with zero attached hydrogens (tertiary/aromatic N) is 2. The van der Waals surface area contributed by atoms with E-state index in [4.69, 9.17) is 21.4 Å². The second-order valence-electron chi connectivity index (χ2n) is 3.65. The van der Waals surface area contributed by atoms with Gasteiger partial charge in [0.05, 0.1) is 12.8 Å². The lowest BCUT2D eigenvalue weighted by Crippen LogP contribution is -2.03. The fourth-order valence-corrected chi connectivity index (χ4v) is 1.54. The van der Waals surface area contributed by atoms with Crippen molar-refractivity contribution in [1.29, 1.82) is 0 Å². The van der Waals surface area contributed by atoms with E-state index in [0.29, 0.717) is 11.8 Å². The van der Waals surface area contributed by atoms with Crippen LogP contribution >= 0.6 is 11.6 Å². The highest BCUT2D eigenvalue weighted by atomic mass is 35.5. The third kappa shape index (κ3) is 2.78. The summed E-state index contributed by atoms with van der Waals surface area (Å²) < 4.78 is 7.33. The van der Waals surface area contributed by atoms with Crippen molar-refractivity contribution in [1.82, 2.24) is 9.55 Å².